The zero-order valence-corrected chi connectivity index (χ0v) is 18.8. The first-order chi connectivity index (χ1) is 14.5. The van der Waals surface area contributed by atoms with Gasteiger partial charge in [-0.15, -0.1) is 0 Å². The topological polar surface area (TPSA) is 52.6 Å². The smallest absolute Gasteiger partial charge is 0.303 e. The number of benzene rings is 2. The first-order valence-corrected chi connectivity index (χ1v) is 11.5. The summed E-state index contributed by atoms with van der Waals surface area (Å²) in [6, 6.07) is 14.7. The molecule has 4 nitrogen and oxygen atoms in total. The molecule has 3 rings (SSSR count). The molecule has 2 aromatic carbocycles. The van der Waals surface area contributed by atoms with E-state index in [0.29, 0.717) is 11.1 Å². The van der Waals surface area contributed by atoms with Crippen molar-refractivity contribution >= 4 is 34.6 Å². The lowest BCUT2D eigenvalue weighted by Gasteiger charge is -2.37. The van der Waals surface area contributed by atoms with E-state index >= 15 is 0 Å². The number of carboxylic acids is 1. The molecule has 0 amide bonds. The Bertz CT molecular complexity index is 832. The first kappa shape index (κ1) is 22.5. The Balaban J connectivity index is 1.98. The van der Waals surface area contributed by atoms with Gasteiger partial charge in [0, 0.05) is 23.3 Å². The van der Waals surface area contributed by atoms with Crippen LogP contribution in [0.3, 0.4) is 0 Å². The Kier molecular flexibility index (Phi) is 8.03. The summed E-state index contributed by atoms with van der Waals surface area (Å²) in [6.07, 6.45) is 7.31. The highest BCUT2D eigenvalue weighted by Crippen LogP contribution is 2.37. The van der Waals surface area contributed by atoms with Crippen LogP contribution in [0.5, 0.6) is 0 Å². The highest BCUT2D eigenvalue weighted by molar-refractivity contribution is 6.30. The average Bonchev–Trinajstić information content (AvgIpc) is 2.76. The van der Waals surface area contributed by atoms with E-state index in [1.165, 1.54) is 37.8 Å². The molecule has 0 bridgehead atoms. The number of nitrogens with one attached hydrogen (secondary N) is 1. The average molecular weight is 429 g/mol. The van der Waals surface area contributed by atoms with Gasteiger partial charge in [-0.3, -0.25) is 4.79 Å². The third-order valence-electron chi connectivity index (χ3n) is 6.19. The highest BCUT2D eigenvalue weighted by atomic mass is 35.5. The van der Waals surface area contributed by atoms with Crippen LogP contribution >= 0.6 is 11.6 Å². The molecule has 0 unspecified atom stereocenters. The van der Waals surface area contributed by atoms with Gasteiger partial charge in [-0.05, 0) is 74.1 Å². The summed E-state index contributed by atoms with van der Waals surface area (Å²) >= 11 is 6.06. The van der Waals surface area contributed by atoms with Crippen molar-refractivity contribution in [1.29, 1.82) is 0 Å². The number of carbonyl (C=O) groups is 1. The summed E-state index contributed by atoms with van der Waals surface area (Å²) in [5.41, 5.74) is 4.27. The molecule has 0 aromatic heterocycles. The maximum absolute atomic E-state index is 11.3. The van der Waals surface area contributed by atoms with Crippen LogP contribution in [0.15, 0.2) is 42.5 Å². The van der Waals surface area contributed by atoms with Crippen molar-refractivity contribution in [3.05, 3.63) is 53.1 Å². The number of anilines is 3. The minimum atomic E-state index is -0.754. The van der Waals surface area contributed by atoms with E-state index in [-0.39, 0.29) is 12.3 Å². The zero-order valence-electron chi connectivity index (χ0n) is 18.0. The van der Waals surface area contributed by atoms with Crippen LogP contribution in [-0.2, 0) is 4.79 Å². The van der Waals surface area contributed by atoms with E-state index in [1.807, 2.05) is 31.2 Å². The summed E-state index contributed by atoms with van der Waals surface area (Å²) in [6.45, 7) is 5.22. The van der Waals surface area contributed by atoms with E-state index in [9.17, 15) is 9.90 Å². The van der Waals surface area contributed by atoms with Gasteiger partial charge in [0.05, 0.1) is 17.8 Å². The second-order valence-electron chi connectivity index (χ2n) is 8.19. The van der Waals surface area contributed by atoms with Crippen molar-refractivity contribution in [1.82, 2.24) is 0 Å². The molecule has 1 fully saturated rings. The number of rotatable bonds is 9. The van der Waals surface area contributed by atoms with Crippen LogP contribution in [0.25, 0.3) is 0 Å². The lowest BCUT2D eigenvalue weighted by Crippen LogP contribution is -2.37. The standard InChI is InChI=1S/C25H33ClN2O2/c1-3-18(17-25(29)30)19-10-15-24(28(4-2)22-8-6-5-7-9-22)23(16-19)27-21-13-11-20(26)12-14-21/h10-16,18,22,27H,3-9,17H2,1-2H3,(H,29,30)/t18-/m0/s1. The lowest BCUT2D eigenvalue weighted by molar-refractivity contribution is -0.137. The van der Waals surface area contributed by atoms with E-state index in [0.717, 1.165) is 29.9 Å². The van der Waals surface area contributed by atoms with Gasteiger partial charge in [0.2, 0.25) is 0 Å². The predicted octanol–water partition coefficient (Wildman–Crippen LogP) is 7.21. The van der Waals surface area contributed by atoms with Crippen LogP contribution in [0.1, 0.15) is 70.3 Å². The third kappa shape index (κ3) is 5.69. The van der Waals surface area contributed by atoms with Crippen molar-refractivity contribution in [2.45, 2.75) is 70.8 Å². The second-order valence-corrected chi connectivity index (χ2v) is 8.63. The fraction of sp³-hybridized carbons (Fsp3) is 0.480. The maximum Gasteiger partial charge on any atom is 0.303 e. The molecular formula is C25H33ClN2O2. The maximum atomic E-state index is 11.3. The summed E-state index contributed by atoms with van der Waals surface area (Å²) < 4.78 is 0. The Morgan fingerprint density at radius 3 is 2.43 bits per heavy atom. The zero-order chi connectivity index (χ0) is 21.5. The molecule has 0 heterocycles. The van der Waals surface area contributed by atoms with Crippen molar-refractivity contribution in [3.63, 3.8) is 0 Å². The van der Waals surface area contributed by atoms with Crippen LogP contribution in [0, 0.1) is 0 Å². The molecule has 0 aliphatic heterocycles. The van der Waals surface area contributed by atoms with Gasteiger partial charge in [0.15, 0.2) is 0 Å². The molecule has 1 aliphatic carbocycles. The SMILES string of the molecule is CC[C@@H](CC(=O)O)c1ccc(N(CC)C2CCCCC2)c(Nc2ccc(Cl)cc2)c1. The van der Waals surface area contributed by atoms with Gasteiger partial charge >= 0.3 is 5.97 Å². The van der Waals surface area contributed by atoms with Crippen LogP contribution in [0.2, 0.25) is 5.02 Å². The number of nitrogens with zero attached hydrogens (tertiary/aromatic N) is 1. The molecule has 1 atom stereocenters. The van der Waals surface area contributed by atoms with Gasteiger partial charge in [0.25, 0.3) is 0 Å². The van der Waals surface area contributed by atoms with Gasteiger partial charge in [-0.2, -0.15) is 0 Å². The third-order valence-corrected chi connectivity index (χ3v) is 6.45. The van der Waals surface area contributed by atoms with Gasteiger partial charge < -0.3 is 15.3 Å². The number of aliphatic carboxylic acids is 1. The molecule has 1 saturated carbocycles. The van der Waals surface area contributed by atoms with Crippen LogP contribution in [-0.4, -0.2) is 23.7 Å². The largest absolute Gasteiger partial charge is 0.481 e. The fourth-order valence-corrected chi connectivity index (χ4v) is 4.70. The van der Waals surface area contributed by atoms with Crippen LogP contribution < -0.4 is 10.2 Å². The summed E-state index contributed by atoms with van der Waals surface area (Å²) in [5, 5.41) is 13.6. The van der Waals surface area contributed by atoms with Gasteiger partial charge in [-0.1, -0.05) is 43.9 Å². The van der Waals surface area contributed by atoms with Crippen molar-refractivity contribution in [2.75, 3.05) is 16.8 Å². The Hall–Kier alpha value is -2.20. The van der Waals surface area contributed by atoms with Crippen molar-refractivity contribution < 1.29 is 9.90 Å². The van der Waals surface area contributed by atoms with Gasteiger partial charge in [-0.25, -0.2) is 0 Å². The molecule has 0 spiro atoms. The number of hydrogen-bond acceptors (Lipinski definition) is 3. The molecule has 0 radical (unpaired) electrons. The number of hydrogen-bond donors (Lipinski definition) is 2. The molecule has 1 aliphatic rings. The number of carboxylic acid groups (broad SMARTS) is 1. The fourth-order valence-electron chi connectivity index (χ4n) is 4.57. The van der Waals surface area contributed by atoms with E-state index < -0.39 is 5.97 Å². The van der Waals surface area contributed by atoms with Gasteiger partial charge in [0.1, 0.15) is 0 Å². The van der Waals surface area contributed by atoms with Crippen LogP contribution in [0.4, 0.5) is 17.1 Å². The predicted molar refractivity (Wildman–Crippen MR) is 126 cm³/mol. The quantitative estimate of drug-likeness (QED) is 0.443. The Labute approximate surface area is 185 Å². The van der Waals surface area contributed by atoms with E-state index in [1.54, 1.807) is 0 Å². The monoisotopic (exact) mass is 428 g/mol. The summed E-state index contributed by atoms with van der Waals surface area (Å²) in [7, 11) is 0. The first-order valence-electron chi connectivity index (χ1n) is 11.2. The molecule has 30 heavy (non-hydrogen) atoms. The van der Waals surface area contributed by atoms with Crippen molar-refractivity contribution in [3.8, 4) is 0 Å². The summed E-state index contributed by atoms with van der Waals surface area (Å²) in [5.74, 6) is -0.748. The minimum absolute atomic E-state index is 0.00655. The molecule has 2 N–H and O–H groups in total. The molecule has 5 heteroatoms. The summed E-state index contributed by atoms with van der Waals surface area (Å²) in [4.78, 5) is 13.9. The molecular weight excluding hydrogens is 396 g/mol. The Morgan fingerprint density at radius 2 is 1.83 bits per heavy atom. The van der Waals surface area contributed by atoms with E-state index in [4.69, 9.17) is 11.6 Å². The molecule has 0 saturated heterocycles. The number of halogens is 1. The van der Waals surface area contributed by atoms with E-state index in [2.05, 4.69) is 35.3 Å². The molecule has 2 aromatic rings. The van der Waals surface area contributed by atoms with Crippen molar-refractivity contribution in [2.24, 2.45) is 0 Å². The Morgan fingerprint density at radius 1 is 1.13 bits per heavy atom. The molecule has 162 valence electrons. The second kappa shape index (κ2) is 10.7. The lowest BCUT2D eigenvalue weighted by atomic mass is 9.91. The normalized spacial score (nSPS) is 15.6. The highest BCUT2D eigenvalue weighted by Gasteiger charge is 2.23. The minimum Gasteiger partial charge on any atom is -0.481 e.